The van der Waals surface area contributed by atoms with Crippen LogP contribution < -0.4 is 10.1 Å². The molecule has 5 nitrogen and oxygen atoms in total. The highest BCUT2D eigenvalue weighted by Crippen LogP contribution is 2.20. The molecule has 7 heteroatoms. The van der Waals surface area contributed by atoms with Gasteiger partial charge in [0.05, 0.1) is 18.8 Å². The highest BCUT2D eigenvalue weighted by molar-refractivity contribution is 5.94. The molecule has 3 rings (SSSR count). The molecule has 1 fully saturated rings. The number of benzene rings is 2. The van der Waals surface area contributed by atoms with Crippen LogP contribution in [0.1, 0.15) is 25.3 Å². The first-order valence-corrected chi connectivity index (χ1v) is 9.76. The van der Waals surface area contributed by atoms with Gasteiger partial charge in [0, 0.05) is 18.8 Å². The number of hydrogen-bond acceptors (Lipinski definition) is 4. The van der Waals surface area contributed by atoms with Crippen molar-refractivity contribution in [3.63, 3.8) is 0 Å². The van der Waals surface area contributed by atoms with E-state index in [1.165, 1.54) is 12.1 Å². The van der Waals surface area contributed by atoms with Gasteiger partial charge in [-0.25, -0.2) is 0 Å². The number of halogens is 2. The molecular weight excluding hydrogens is 378 g/mol. The Morgan fingerprint density at radius 3 is 2.38 bits per heavy atom. The molecular formula is C22H26F2N2O3. The molecule has 156 valence electrons. The average molecular weight is 404 g/mol. The maximum absolute atomic E-state index is 12.5. The zero-order chi connectivity index (χ0) is 20.6. The summed E-state index contributed by atoms with van der Waals surface area (Å²) < 4.78 is 34.7. The average Bonchev–Trinajstić information content (AvgIpc) is 2.74. The first-order valence-electron chi connectivity index (χ1n) is 9.76. The number of nitrogens with zero attached hydrogens (tertiary/aromatic N) is 1. The molecule has 0 spiro atoms. The summed E-state index contributed by atoms with van der Waals surface area (Å²) >= 11 is 0. The maximum Gasteiger partial charge on any atom is 0.387 e. The van der Waals surface area contributed by atoms with Gasteiger partial charge in [-0.1, -0.05) is 30.3 Å². The van der Waals surface area contributed by atoms with E-state index in [-0.39, 0.29) is 23.8 Å². The van der Waals surface area contributed by atoms with Gasteiger partial charge in [0.1, 0.15) is 5.75 Å². The Morgan fingerprint density at radius 2 is 1.76 bits per heavy atom. The van der Waals surface area contributed by atoms with E-state index < -0.39 is 6.61 Å². The van der Waals surface area contributed by atoms with E-state index in [4.69, 9.17) is 4.74 Å². The third-order valence-electron chi connectivity index (χ3n) is 5.08. The summed E-state index contributed by atoms with van der Waals surface area (Å²) in [4.78, 5) is 14.7. The number of carbonyl (C=O) groups is 1. The fourth-order valence-electron chi connectivity index (χ4n) is 3.35. The minimum Gasteiger partial charge on any atom is -0.435 e. The Kier molecular flexibility index (Phi) is 7.55. The zero-order valence-corrected chi connectivity index (χ0v) is 16.4. The van der Waals surface area contributed by atoms with Crippen molar-refractivity contribution in [1.82, 2.24) is 4.90 Å². The Bertz CT molecular complexity index is 763. The van der Waals surface area contributed by atoms with Gasteiger partial charge in [-0.15, -0.1) is 0 Å². The Hall–Kier alpha value is -2.51. The molecule has 0 aliphatic carbocycles. The van der Waals surface area contributed by atoms with E-state index in [9.17, 15) is 13.6 Å². The summed E-state index contributed by atoms with van der Waals surface area (Å²) in [5, 5.41) is 2.82. The van der Waals surface area contributed by atoms with Crippen LogP contribution in [0.4, 0.5) is 14.5 Å². The van der Waals surface area contributed by atoms with E-state index in [0.29, 0.717) is 12.3 Å². The Morgan fingerprint density at radius 1 is 1.10 bits per heavy atom. The Balaban J connectivity index is 1.42. The largest absolute Gasteiger partial charge is 0.435 e. The van der Waals surface area contributed by atoms with Crippen LogP contribution in [0, 0.1) is 0 Å². The van der Waals surface area contributed by atoms with Crippen molar-refractivity contribution in [2.24, 2.45) is 0 Å². The quantitative estimate of drug-likeness (QED) is 0.713. The van der Waals surface area contributed by atoms with E-state index in [1.54, 1.807) is 12.1 Å². The van der Waals surface area contributed by atoms with Crippen LogP contribution in [0.25, 0.3) is 0 Å². The lowest BCUT2D eigenvalue weighted by Crippen LogP contribution is -2.47. The third kappa shape index (κ3) is 6.51. The van der Waals surface area contributed by atoms with Crippen molar-refractivity contribution in [3.8, 4) is 5.75 Å². The molecule has 2 aromatic rings. The van der Waals surface area contributed by atoms with Crippen LogP contribution in [0.5, 0.6) is 5.75 Å². The molecule has 1 atom stereocenters. The van der Waals surface area contributed by atoms with E-state index in [0.717, 1.165) is 31.5 Å². The number of rotatable bonds is 8. The number of nitrogens with one attached hydrogen (secondary N) is 1. The molecule has 1 amide bonds. The minimum absolute atomic E-state index is 0.0589. The summed E-state index contributed by atoms with van der Waals surface area (Å²) in [5.41, 5.74) is 1.71. The number of amides is 1. The molecule has 2 aromatic carbocycles. The fourth-order valence-corrected chi connectivity index (χ4v) is 3.35. The van der Waals surface area contributed by atoms with Gasteiger partial charge in [-0.05, 0) is 49.6 Å². The zero-order valence-electron chi connectivity index (χ0n) is 16.4. The van der Waals surface area contributed by atoms with Gasteiger partial charge < -0.3 is 14.8 Å². The third-order valence-corrected chi connectivity index (χ3v) is 5.08. The van der Waals surface area contributed by atoms with Gasteiger partial charge in [0.25, 0.3) is 0 Å². The van der Waals surface area contributed by atoms with Crippen LogP contribution in [0.3, 0.4) is 0 Å². The lowest BCUT2D eigenvalue weighted by Gasteiger charge is -2.35. The smallest absolute Gasteiger partial charge is 0.387 e. The first kappa shape index (κ1) is 21.2. The molecule has 1 aliphatic heterocycles. The standard InChI is InChI=1S/C22H26F2N2O3/c1-16(21(27)25-18-7-9-20(10-8-18)29-22(23)24)26-13-11-19(12-14-26)28-15-17-5-3-2-4-6-17/h2-10,16,19,22H,11-15H2,1H3,(H,25,27). The van der Waals surface area contributed by atoms with Crippen LogP contribution in [0.15, 0.2) is 54.6 Å². The van der Waals surface area contributed by atoms with Crippen molar-refractivity contribution in [1.29, 1.82) is 0 Å². The summed E-state index contributed by atoms with van der Waals surface area (Å²) in [7, 11) is 0. The number of piperidine rings is 1. The maximum atomic E-state index is 12.5. The van der Waals surface area contributed by atoms with Crippen LogP contribution in [-0.2, 0) is 16.1 Å². The summed E-state index contributed by atoms with van der Waals surface area (Å²) in [6.45, 7) is 1.18. The summed E-state index contributed by atoms with van der Waals surface area (Å²) in [6.07, 6.45) is 1.96. The van der Waals surface area contributed by atoms with Gasteiger partial charge in [-0.2, -0.15) is 8.78 Å². The lowest BCUT2D eigenvalue weighted by atomic mass is 10.1. The predicted octanol–water partition coefficient (Wildman–Crippen LogP) is 4.30. The molecule has 1 heterocycles. The van der Waals surface area contributed by atoms with Gasteiger partial charge in [0.15, 0.2) is 0 Å². The van der Waals surface area contributed by atoms with Crippen molar-refractivity contribution in [3.05, 3.63) is 60.2 Å². The Labute approximate surface area is 169 Å². The highest BCUT2D eigenvalue weighted by Gasteiger charge is 2.27. The SMILES string of the molecule is CC(C(=O)Nc1ccc(OC(F)F)cc1)N1CCC(OCc2ccccc2)CC1. The van der Waals surface area contributed by atoms with Crippen molar-refractivity contribution in [2.45, 2.75) is 45.1 Å². The van der Waals surface area contributed by atoms with Gasteiger partial charge in [-0.3, -0.25) is 9.69 Å². The number of ether oxygens (including phenoxy) is 2. The molecule has 0 bridgehead atoms. The van der Waals surface area contributed by atoms with Crippen molar-refractivity contribution >= 4 is 11.6 Å². The summed E-state index contributed by atoms with van der Waals surface area (Å²) in [6, 6.07) is 15.7. The topological polar surface area (TPSA) is 50.8 Å². The van der Waals surface area contributed by atoms with E-state index in [2.05, 4.69) is 15.0 Å². The van der Waals surface area contributed by atoms with Crippen LogP contribution in [0.2, 0.25) is 0 Å². The van der Waals surface area contributed by atoms with Crippen LogP contribution in [-0.4, -0.2) is 42.7 Å². The summed E-state index contributed by atoms with van der Waals surface area (Å²) in [5.74, 6) is -0.0696. The first-order chi connectivity index (χ1) is 14.0. The van der Waals surface area contributed by atoms with E-state index >= 15 is 0 Å². The van der Waals surface area contributed by atoms with Gasteiger partial charge >= 0.3 is 6.61 Å². The second kappa shape index (κ2) is 10.3. The molecule has 1 saturated heterocycles. The number of alkyl halides is 2. The van der Waals surface area contributed by atoms with Gasteiger partial charge in [0.2, 0.25) is 5.91 Å². The predicted molar refractivity (Wildman–Crippen MR) is 107 cm³/mol. The molecule has 1 N–H and O–H groups in total. The monoisotopic (exact) mass is 404 g/mol. The van der Waals surface area contributed by atoms with E-state index in [1.807, 2.05) is 37.3 Å². The number of anilines is 1. The molecule has 0 saturated carbocycles. The second-order valence-corrected chi connectivity index (χ2v) is 7.10. The molecule has 1 aliphatic rings. The normalized spacial score (nSPS) is 16.6. The highest BCUT2D eigenvalue weighted by atomic mass is 19.3. The molecule has 0 radical (unpaired) electrons. The molecule has 29 heavy (non-hydrogen) atoms. The van der Waals surface area contributed by atoms with Crippen molar-refractivity contribution < 1.29 is 23.0 Å². The molecule has 1 unspecified atom stereocenters. The molecule has 0 aromatic heterocycles. The fraction of sp³-hybridized carbons (Fsp3) is 0.409. The number of likely N-dealkylation sites (tertiary alicyclic amines) is 1. The minimum atomic E-state index is -2.87. The lowest BCUT2D eigenvalue weighted by molar-refractivity contribution is -0.122. The van der Waals surface area contributed by atoms with Crippen molar-refractivity contribution in [2.75, 3.05) is 18.4 Å². The second-order valence-electron chi connectivity index (χ2n) is 7.10. The number of carbonyl (C=O) groups excluding carboxylic acids is 1. The number of hydrogen-bond donors (Lipinski definition) is 1. The van der Waals surface area contributed by atoms with Crippen LogP contribution >= 0.6 is 0 Å².